The number of hydrogen-bond acceptors (Lipinski definition) is 5. The van der Waals surface area contributed by atoms with Crippen LogP contribution in [0.25, 0.3) is 0 Å². The molecule has 0 aliphatic carbocycles. The van der Waals surface area contributed by atoms with E-state index in [1.54, 1.807) is 22.8 Å². The lowest BCUT2D eigenvalue weighted by Crippen LogP contribution is -2.50. The van der Waals surface area contributed by atoms with Gasteiger partial charge in [-0.15, -0.1) is 0 Å². The average molecular weight is 367 g/mol. The molecule has 0 N–H and O–H groups in total. The lowest BCUT2D eigenvalue weighted by atomic mass is 10.2. The first-order chi connectivity index (χ1) is 13.1. The summed E-state index contributed by atoms with van der Waals surface area (Å²) in [6.07, 6.45) is 1.45. The van der Waals surface area contributed by atoms with Crippen molar-refractivity contribution < 1.29 is 9.59 Å². The highest BCUT2D eigenvalue weighted by Crippen LogP contribution is 2.16. The molecule has 27 heavy (non-hydrogen) atoms. The molecule has 0 saturated carbocycles. The van der Waals surface area contributed by atoms with Gasteiger partial charge in [-0.25, -0.2) is 9.97 Å². The first-order valence-corrected chi connectivity index (χ1v) is 9.24. The fourth-order valence-electron chi connectivity index (χ4n) is 3.18. The third kappa shape index (κ3) is 4.61. The largest absolute Gasteiger partial charge is 0.352 e. The minimum absolute atomic E-state index is 0.0471. The number of piperazine rings is 1. The fourth-order valence-corrected chi connectivity index (χ4v) is 3.18. The average Bonchev–Trinajstić information content (AvgIpc) is 2.72. The van der Waals surface area contributed by atoms with Crippen LogP contribution in [0.1, 0.15) is 29.9 Å². The molecule has 0 atom stereocenters. The van der Waals surface area contributed by atoms with Gasteiger partial charge >= 0.3 is 0 Å². The number of rotatable bonds is 5. The van der Waals surface area contributed by atoms with Crippen LogP contribution in [0.15, 0.2) is 42.7 Å². The van der Waals surface area contributed by atoms with E-state index in [1.165, 1.54) is 11.9 Å². The van der Waals surface area contributed by atoms with Crippen LogP contribution in [0.3, 0.4) is 0 Å². The van der Waals surface area contributed by atoms with Crippen molar-refractivity contribution in [2.24, 2.45) is 0 Å². The van der Waals surface area contributed by atoms with Gasteiger partial charge in [0.1, 0.15) is 17.8 Å². The highest BCUT2D eigenvalue weighted by molar-refractivity contribution is 5.93. The molecular formula is C20H25N5O2. The van der Waals surface area contributed by atoms with E-state index in [4.69, 9.17) is 0 Å². The zero-order valence-electron chi connectivity index (χ0n) is 15.8. The van der Waals surface area contributed by atoms with E-state index in [0.29, 0.717) is 31.9 Å². The number of benzene rings is 1. The van der Waals surface area contributed by atoms with E-state index in [-0.39, 0.29) is 11.8 Å². The van der Waals surface area contributed by atoms with Gasteiger partial charge in [0.15, 0.2) is 0 Å². The second kappa shape index (κ2) is 8.62. The Morgan fingerprint density at radius 2 is 1.70 bits per heavy atom. The summed E-state index contributed by atoms with van der Waals surface area (Å²) in [5, 5.41) is 0. The van der Waals surface area contributed by atoms with Gasteiger partial charge in [0.25, 0.3) is 5.91 Å². The summed E-state index contributed by atoms with van der Waals surface area (Å²) in [6, 6.07) is 11.9. The van der Waals surface area contributed by atoms with E-state index in [1.807, 2.05) is 18.2 Å². The third-order valence-electron chi connectivity index (χ3n) is 4.81. The highest BCUT2D eigenvalue weighted by atomic mass is 16.2. The molecule has 2 heterocycles. The topological polar surface area (TPSA) is 69.6 Å². The molecule has 7 nitrogen and oxygen atoms in total. The Morgan fingerprint density at radius 3 is 2.33 bits per heavy atom. The van der Waals surface area contributed by atoms with Crippen molar-refractivity contribution in [2.45, 2.75) is 20.4 Å². The van der Waals surface area contributed by atoms with Crippen LogP contribution >= 0.6 is 0 Å². The summed E-state index contributed by atoms with van der Waals surface area (Å²) >= 11 is 0. The molecule has 3 rings (SSSR count). The maximum atomic E-state index is 12.8. The molecule has 0 unspecified atom stereocenters. The minimum Gasteiger partial charge on any atom is -0.352 e. The predicted molar refractivity (Wildman–Crippen MR) is 103 cm³/mol. The van der Waals surface area contributed by atoms with Crippen molar-refractivity contribution in [3.63, 3.8) is 0 Å². The summed E-state index contributed by atoms with van der Waals surface area (Å²) in [5.74, 6) is 0.672. The van der Waals surface area contributed by atoms with E-state index >= 15 is 0 Å². The Labute approximate surface area is 159 Å². The van der Waals surface area contributed by atoms with Crippen LogP contribution in [-0.2, 0) is 11.3 Å². The molecule has 0 bridgehead atoms. The van der Waals surface area contributed by atoms with Crippen LogP contribution in [0, 0.1) is 0 Å². The van der Waals surface area contributed by atoms with Crippen molar-refractivity contribution in [1.29, 1.82) is 0 Å². The minimum atomic E-state index is -0.113. The number of carbonyl (C=O) groups excluding carboxylic acids is 2. The van der Waals surface area contributed by atoms with Crippen molar-refractivity contribution in [2.75, 3.05) is 37.6 Å². The second-order valence-corrected chi connectivity index (χ2v) is 6.56. The van der Waals surface area contributed by atoms with Crippen molar-refractivity contribution >= 4 is 17.6 Å². The molecule has 2 aromatic rings. The van der Waals surface area contributed by atoms with Crippen molar-refractivity contribution in [3.8, 4) is 0 Å². The third-order valence-corrected chi connectivity index (χ3v) is 4.81. The standard InChI is InChI=1S/C20H25N5O2/c1-3-23(14-17-7-5-4-6-8-17)19-13-18(21-15-22-19)20(27)25-11-9-24(10-12-25)16(2)26/h4-8,13,15H,3,9-12,14H2,1-2H3. The SMILES string of the molecule is CCN(Cc1ccccc1)c1cc(C(=O)N2CCN(C(C)=O)CC2)ncn1. The molecule has 1 aromatic heterocycles. The van der Waals surface area contributed by atoms with Gasteiger partial charge in [-0.05, 0) is 12.5 Å². The molecular weight excluding hydrogens is 342 g/mol. The van der Waals surface area contributed by atoms with Gasteiger partial charge in [-0.1, -0.05) is 30.3 Å². The molecule has 7 heteroatoms. The molecule has 1 aromatic carbocycles. The molecule has 1 aliphatic rings. The summed E-state index contributed by atoms with van der Waals surface area (Å²) in [6.45, 7) is 7.30. The zero-order valence-corrected chi connectivity index (χ0v) is 15.8. The van der Waals surface area contributed by atoms with Gasteiger partial charge in [0, 0.05) is 52.3 Å². The normalized spacial score (nSPS) is 14.1. The Bertz CT molecular complexity index is 788. The maximum absolute atomic E-state index is 12.8. The number of hydrogen-bond donors (Lipinski definition) is 0. The van der Waals surface area contributed by atoms with Gasteiger partial charge in [-0.3, -0.25) is 9.59 Å². The fraction of sp³-hybridized carbons (Fsp3) is 0.400. The lowest BCUT2D eigenvalue weighted by molar-refractivity contribution is -0.130. The number of carbonyl (C=O) groups is 2. The first-order valence-electron chi connectivity index (χ1n) is 9.24. The van der Waals surface area contributed by atoms with Crippen LogP contribution in [-0.4, -0.2) is 64.3 Å². The van der Waals surface area contributed by atoms with E-state index in [9.17, 15) is 9.59 Å². The summed E-state index contributed by atoms with van der Waals surface area (Å²) in [4.78, 5) is 38.4. The predicted octanol–water partition coefficient (Wildman–Crippen LogP) is 1.81. The number of amides is 2. The Balaban J connectivity index is 1.71. The van der Waals surface area contributed by atoms with Crippen LogP contribution in [0.2, 0.25) is 0 Å². The van der Waals surface area contributed by atoms with Gasteiger partial charge in [0.2, 0.25) is 5.91 Å². The number of nitrogens with zero attached hydrogens (tertiary/aromatic N) is 5. The number of aromatic nitrogens is 2. The molecule has 0 spiro atoms. The monoisotopic (exact) mass is 367 g/mol. The van der Waals surface area contributed by atoms with Gasteiger partial charge in [-0.2, -0.15) is 0 Å². The Morgan fingerprint density at radius 1 is 1.04 bits per heavy atom. The van der Waals surface area contributed by atoms with E-state index < -0.39 is 0 Å². The molecule has 1 fully saturated rings. The van der Waals surface area contributed by atoms with Crippen LogP contribution < -0.4 is 4.90 Å². The summed E-state index contributed by atoms with van der Waals surface area (Å²) in [5.41, 5.74) is 1.58. The molecule has 2 amide bonds. The van der Waals surface area contributed by atoms with Crippen LogP contribution in [0.4, 0.5) is 5.82 Å². The molecule has 0 radical (unpaired) electrons. The summed E-state index contributed by atoms with van der Waals surface area (Å²) in [7, 11) is 0. The first kappa shape index (κ1) is 18.8. The van der Waals surface area contributed by atoms with E-state index in [0.717, 1.165) is 18.9 Å². The Hall–Kier alpha value is -2.96. The number of anilines is 1. The summed E-state index contributed by atoms with van der Waals surface area (Å²) < 4.78 is 0. The van der Waals surface area contributed by atoms with Crippen LogP contribution in [0.5, 0.6) is 0 Å². The van der Waals surface area contributed by atoms with Gasteiger partial charge < -0.3 is 14.7 Å². The highest BCUT2D eigenvalue weighted by Gasteiger charge is 2.24. The van der Waals surface area contributed by atoms with E-state index in [2.05, 4.69) is 33.9 Å². The lowest BCUT2D eigenvalue weighted by Gasteiger charge is -2.34. The second-order valence-electron chi connectivity index (χ2n) is 6.56. The van der Waals surface area contributed by atoms with Gasteiger partial charge in [0.05, 0.1) is 0 Å². The molecule has 1 saturated heterocycles. The van der Waals surface area contributed by atoms with Crippen molar-refractivity contribution in [3.05, 3.63) is 54.0 Å². The van der Waals surface area contributed by atoms with Crippen molar-refractivity contribution in [1.82, 2.24) is 19.8 Å². The molecule has 1 aliphatic heterocycles. The molecule has 142 valence electrons. The smallest absolute Gasteiger partial charge is 0.272 e. The zero-order chi connectivity index (χ0) is 19.2. The Kier molecular flexibility index (Phi) is 6.01. The quantitative estimate of drug-likeness (QED) is 0.806. The maximum Gasteiger partial charge on any atom is 0.272 e.